The van der Waals surface area contributed by atoms with Crippen LogP contribution in [0.15, 0.2) is 18.2 Å². The first kappa shape index (κ1) is 15.7. The molecule has 1 aromatic carbocycles. The fraction of sp³-hybridized carbons (Fsp3) is 0.417. The second-order valence-electron chi connectivity index (χ2n) is 4.01. The average Bonchev–Trinajstić information content (AvgIpc) is 2.37. The average molecular weight is 302 g/mol. The first-order valence-corrected chi connectivity index (χ1v) is 6.82. The highest BCUT2D eigenvalue weighted by molar-refractivity contribution is 7.80. The van der Waals surface area contributed by atoms with Crippen LogP contribution >= 0.6 is 23.8 Å². The number of non-ortho nitro benzene ring substituents is 1. The zero-order chi connectivity index (χ0) is 14.3. The van der Waals surface area contributed by atoms with Gasteiger partial charge in [-0.15, -0.1) is 0 Å². The minimum Gasteiger partial charge on any atom is -0.362 e. The minimum atomic E-state index is -0.473. The maximum absolute atomic E-state index is 10.7. The van der Waals surface area contributed by atoms with Gasteiger partial charge in [-0.25, -0.2) is 0 Å². The molecule has 0 radical (unpaired) electrons. The predicted molar refractivity (Wildman–Crippen MR) is 81.9 cm³/mol. The number of nitrogens with zero attached hydrogens (tertiary/aromatic N) is 1. The molecule has 5 nitrogen and oxygen atoms in total. The Hall–Kier alpha value is -1.40. The summed E-state index contributed by atoms with van der Waals surface area (Å²) >= 11 is 11.1. The molecule has 0 amide bonds. The highest BCUT2D eigenvalue weighted by atomic mass is 35.5. The lowest BCUT2D eigenvalue weighted by Crippen LogP contribution is -2.29. The number of benzene rings is 1. The van der Waals surface area contributed by atoms with Crippen LogP contribution in [0.2, 0.25) is 5.02 Å². The molecule has 0 aliphatic carbocycles. The zero-order valence-corrected chi connectivity index (χ0v) is 12.2. The standard InChI is InChI=1S/C12H16ClN3O2S/c1-2-3-4-7-14-12(19)15-11-8-9(16(17)18)5-6-10(11)13/h5-6,8H,2-4,7H2,1H3,(H2,14,15,19). The number of hydrogen-bond acceptors (Lipinski definition) is 3. The minimum absolute atomic E-state index is 0.0271. The largest absolute Gasteiger partial charge is 0.362 e. The molecular weight excluding hydrogens is 286 g/mol. The predicted octanol–water partition coefficient (Wildman–Crippen LogP) is 3.72. The second kappa shape index (κ2) is 7.91. The molecule has 0 saturated heterocycles. The van der Waals surface area contributed by atoms with Crippen molar-refractivity contribution in [3.05, 3.63) is 33.3 Å². The SMILES string of the molecule is CCCCCNC(=S)Nc1cc([N+](=O)[O-])ccc1Cl. The van der Waals surface area contributed by atoms with Crippen molar-refractivity contribution in [2.75, 3.05) is 11.9 Å². The Labute approximate surface area is 122 Å². The number of unbranched alkanes of at least 4 members (excludes halogenated alkanes) is 2. The van der Waals surface area contributed by atoms with Crippen molar-refractivity contribution in [2.24, 2.45) is 0 Å². The van der Waals surface area contributed by atoms with Gasteiger partial charge in [0, 0.05) is 18.7 Å². The van der Waals surface area contributed by atoms with Crippen LogP contribution in [0, 0.1) is 10.1 Å². The van der Waals surface area contributed by atoms with Gasteiger partial charge in [0.1, 0.15) is 0 Å². The summed E-state index contributed by atoms with van der Waals surface area (Å²) in [6, 6.07) is 4.19. The summed E-state index contributed by atoms with van der Waals surface area (Å²) in [7, 11) is 0. The summed E-state index contributed by atoms with van der Waals surface area (Å²) in [6.45, 7) is 2.89. The van der Waals surface area contributed by atoms with Crippen LogP contribution in [0.4, 0.5) is 11.4 Å². The summed E-state index contributed by atoms with van der Waals surface area (Å²) in [4.78, 5) is 10.2. The molecule has 0 atom stereocenters. The molecule has 19 heavy (non-hydrogen) atoms. The molecule has 7 heteroatoms. The molecule has 0 aliphatic rings. The van der Waals surface area contributed by atoms with E-state index in [9.17, 15) is 10.1 Å². The van der Waals surface area contributed by atoms with Gasteiger partial charge in [0.15, 0.2) is 5.11 Å². The van der Waals surface area contributed by atoms with Crippen LogP contribution < -0.4 is 10.6 Å². The Kier molecular flexibility index (Phi) is 6.52. The fourth-order valence-electron chi connectivity index (χ4n) is 1.47. The van der Waals surface area contributed by atoms with E-state index in [2.05, 4.69) is 17.6 Å². The number of nitrogens with one attached hydrogen (secondary N) is 2. The molecule has 0 bridgehead atoms. The third-order valence-corrected chi connectivity index (χ3v) is 3.05. The van der Waals surface area contributed by atoms with Crippen molar-refractivity contribution in [3.8, 4) is 0 Å². The van der Waals surface area contributed by atoms with E-state index >= 15 is 0 Å². The van der Waals surface area contributed by atoms with Crippen LogP contribution in [0.3, 0.4) is 0 Å². The van der Waals surface area contributed by atoms with Crippen LogP contribution in [0.5, 0.6) is 0 Å². The van der Waals surface area contributed by atoms with E-state index in [4.69, 9.17) is 23.8 Å². The highest BCUT2D eigenvalue weighted by Gasteiger charge is 2.10. The number of anilines is 1. The first-order chi connectivity index (χ1) is 9.04. The number of nitro benzene ring substituents is 1. The second-order valence-corrected chi connectivity index (χ2v) is 4.82. The Morgan fingerprint density at radius 3 is 2.84 bits per heavy atom. The van der Waals surface area contributed by atoms with Crippen LogP contribution in [-0.4, -0.2) is 16.6 Å². The lowest BCUT2D eigenvalue weighted by Gasteiger charge is -2.11. The third-order valence-electron chi connectivity index (χ3n) is 2.47. The smallest absolute Gasteiger partial charge is 0.271 e. The molecule has 0 fully saturated rings. The van der Waals surface area contributed by atoms with Gasteiger partial charge in [0.2, 0.25) is 0 Å². The van der Waals surface area contributed by atoms with Crippen molar-refractivity contribution in [3.63, 3.8) is 0 Å². The van der Waals surface area contributed by atoms with Crippen molar-refractivity contribution >= 4 is 40.3 Å². The number of nitro groups is 1. The number of rotatable bonds is 6. The fourth-order valence-corrected chi connectivity index (χ4v) is 1.84. The van der Waals surface area contributed by atoms with E-state index < -0.39 is 4.92 Å². The van der Waals surface area contributed by atoms with Gasteiger partial charge in [-0.3, -0.25) is 10.1 Å². The van der Waals surface area contributed by atoms with Gasteiger partial charge in [-0.1, -0.05) is 31.4 Å². The molecule has 1 rings (SSSR count). The zero-order valence-electron chi connectivity index (χ0n) is 10.6. The van der Waals surface area contributed by atoms with Crippen molar-refractivity contribution in [1.29, 1.82) is 0 Å². The van der Waals surface area contributed by atoms with Gasteiger partial charge in [0.25, 0.3) is 5.69 Å². The molecule has 0 unspecified atom stereocenters. The molecule has 0 aliphatic heterocycles. The van der Waals surface area contributed by atoms with Crippen LogP contribution in [0.25, 0.3) is 0 Å². The highest BCUT2D eigenvalue weighted by Crippen LogP contribution is 2.26. The Morgan fingerprint density at radius 2 is 2.21 bits per heavy atom. The van der Waals surface area contributed by atoms with E-state index in [-0.39, 0.29) is 5.69 Å². The topological polar surface area (TPSA) is 67.2 Å². The summed E-state index contributed by atoms with van der Waals surface area (Å²) in [5, 5.41) is 17.4. The van der Waals surface area contributed by atoms with E-state index in [0.717, 1.165) is 25.8 Å². The number of halogens is 1. The van der Waals surface area contributed by atoms with E-state index in [1.54, 1.807) is 0 Å². The molecule has 0 aromatic heterocycles. The molecule has 1 aromatic rings. The maximum Gasteiger partial charge on any atom is 0.271 e. The van der Waals surface area contributed by atoms with Gasteiger partial charge < -0.3 is 10.6 Å². The lowest BCUT2D eigenvalue weighted by molar-refractivity contribution is -0.384. The monoisotopic (exact) mass is 301 g/mol. The maximum atomic E-state index is 10.7. The summed E-state index contributed by atoms with van der Waals surface area (Å²) in [5.41, 5.74) is 0.407. The summed E-state index contributed by atoms with van der Waals surface area (Å²) < 4.78 is 0. The summed E-state index contributed by atoms with van der Waals surface area (Å²) in [6.07, 6.45) is 3.30. The molecule has 0 spiro atoms. The van der Waals surface area contributed by atoms with Crippen molar-refractivity contribution in [1.82, 2.24) is 5.32 Å². The molecule has 2 N–H and O–H groups in total. The van der Waals surface area contributed by atoms with Gasteiger partial charge in [-0.2, -0.15) is 0 Å². The Bertz CT molecular complexity index is 468. The Morgan fingerprint density at radius 1 is 1.47 bits per heavy atom. The van der Waals surface area contributed by atoms with Gasteiger partial charge in [-0.05, 0) is 24.7 Å². The normalized spacial score (nSPS) is 10.0. The van der Waals surface area contributed by atoms with Crippen LogP contribution in [0.1, 0.15) is 26.2 Å². The molecule has 0 saturated carbocycles. The lowest BCUT2D eigenvalue weighted by atomic mass is 10.2. The molecule has 104 valence electrons. The third kappa shape index (κ3) is 5.40. The Balaban J connectivity index is 2.58. The van der Waals surface area contributed by atoms with Crippen LogP contribution in [-0.2, 0) is 0 Å². The number of thiocarbonyl (C=S) groups is 1. The molecule has 0 heterocycles. The first-order valence-electron chi connectivity index (χ1n) is 6.03. The van der Waals surface area contributed by atoms with E-state index in [1.807, 2.05) is 0 Å². The van der Waals surface area contributed by atoms with Gasteiger partial charge >= 0.3 is 0 Å². The number of hydrogen-bond donors (Lipinski definition) is 2. The molecular formula is C12H16ClN3O2S. The van der Waals surface area contributed by atoms with E-state index in [1.165, 1.54) is 18.2 Å². The quantitative estimate of drug-likeness (QED) is 0.363. The van der Waals surface area contributed by atoms with Crippen molar-refractivity contribution in [2.45, 2.75) is 26.2 Å². The van der Waals surface area contributed by atoms with E-state index in [0.29, 0.717) is 15.8 Å². The van der Waals surface area contributed by atoms with Gasteiger partial charge in [0.05, 0.1) is 15.6 Å². The summed E-state index contributed by atoms with van der Waals surface area (Å²) in [5.74, 6) is 0. The van der Waals surface area contributed by atoms with Crippen molar-refractivity contribution < 1.29 is 4.92 Å².